The molecule has 0 amide bonds. The SMILES string of the molecule is O=C(O)/C=C/c1nnc(-c2ccc(Br)cc2C(F)(F)F)o1. The number of hydrogen-bond donors (Lipinski definition) is 1. The molecule has 1 aromatic carbocycles. The lowest BCUT2D eigenvalue weighted by molar-refractivity contribution is -0.137. The zero-order chi connectivity index (χ0) is 15.6. The monoisotopic (exact) mass is 362 g/mol. The summed E-state index contributed by atoms with van der Waals surface area (Å²) in [6.07, 6.45) is -2.86. The van der Waals surface area contributed by atoms with Crippen molar-refractivity contribution in [2.45, 2.75) is 6.18 Å². The number of aliphatic carboxylic acids is 1. The molecule has 0 aliphatic rings. The molecule has 2 aromatic rings. The lowest BCUT2D eigenvalue weighted by atomic mass is 10.1. The van der Waals surface area contributed by atoms with Crippen LogP contribution in [-0.4, -0.2) is 21.3 Å². The van der Waals surface area contributed by atoms with Crippen LogP contribution >= 0.6 is 15.9 Å². The molecule has 9 heteroatoms. The summed E-state index contributed by atoms with van der Waals surface area (Å²) in [5.41, 5.74) is -1.22. The normalized spacial score (nSPS) is 12.0. The summed E-state index contributed by atoms with van der Waals surface area (Å²) in [6.45, 7) is 0. The van der Waals surface area contributed by atoms with Gasteiger partial charge in [-0.15, -0.1) is 10.2 Å². The zero-order valence-electron chi connectivity index (χ0n) is 10.1. The third-order valence-electron chi connectivity index (χ3n) is 2.33. The lowest BCUT2D eigenvalue weighted by Gasteiger charge is -2.10. The van der Waals surface area contributed by atoms with Gasteiger partial charge in [-0.3, -0.25) is 0 Å². The third-order valence-corrected chi connectivity index (χ3v) is 2.82. The number of alkyl halides is 3. The van der Waals surface area contributed by atoms with Crippen molar-refractivity contribution in [1.82, 2.24) is 10.2 Å². The first-order valence-electron chi connectivity index (χ1n) is 5.39. The molecule has 0 saturated carbocycles. The van der Waals surface area contributed by atoms with Gasteiger partial charge in [0.15, 0.2) is 0 Å². The van der Waals surface area contributed by atoms with Crippen LogP contribution in [0.5, 0.6) is 0 Å². The van der Waals surface area contributed by atoms with Crippen molar-refractivity contribution >= 4 is 28.0 Å². The molecule has 1 aromatic heterocycles. The molecule has 0 radical (unpaired) electrons. The Labute approximate surface area is 124 Å². The molecule has 0 unspecified atom stereocenters. The molecule has 0 saturated heterocycles. The smallest absolute Gasteiger partial charge is 0.417 e. The Morgan fingerprint density at radius 3 is 2.67 bits per heavy atom. The summed E-state index contributed by atoms with van der Waals surface area (Å²) >= 11 is 2.96. The predicted molar refractivity (Wildman–Crippen MR) is 69.1 cm³/mol. The largest absolute Gasteiger partial charge is 0.478 e. The van der Waals surface area contributed by atoms with Crippen LogP contribution in [0.4, 0.5) is 13.2 Å². The van der Waals surface area contributed by atoms with Gasteiger partial charge in [0.05, 0.1) is 11.1 Å². The van der Waals surface area contributed by atoms with Gasteiger partial charge >= 0.3 is 12.1 Å². The molecule has 5 nitrogen and oxygen atoms in total. The Kier molecular flexibility index (Phi) is 4.12. The number of aromatic nitrogens is 2. The Bertz CT molecular complexity index is 710. The summed E-state index contributed by atoms with van der Waals surface area (Å²) in [5.74, 6) is -1.79. The number of nitrogens with zero attached hydrogens (tertiary/aromatic N) is 2. The summed E-state index contributed by atoms with van der Waals surface area (Å²) in [4.78, 5) is 10.3. The van der Waals surface area contributed by atoms with E-state index in [-0.39, 0.29) is 21.8 Å². The van der Waals surface area contributed by atoms with Crippen LogP contribution in [-0.2, 0) is 11.0 Å². The van der Waals surface area contributed by atoms with Gasteiger partial charge < -0.3 is 9.52 Å². The van der Waals surface area contributed by atoms with Gasteiger partial charge in [-0.2, -0.15) is 13.2 Å². The van der Waals surface area contributed by atoms with Gasteiger partial charge in [0.2, 0.25) is 11.8 Å². The third kappa shape index (κ3) is 3.69. The fraction of sp³-hybridized carbons (Fsp3) is 0.0833. The van der Waals surface area contributed by atoms with E-state index in [1.54, 1.807) is 0 Å². The van der Waals surface area contributed by atoms with Crippen LogP contribution < -0.4 is 0 Å². The van der Waals surface area contributed by atoms with E-state index in [1.807, 2.05) is 0 Å². The lowest BCUT2D eigenvalue weighted by Crippen LogP contribution is -2.07. The fourth-order valence-corrected chi connectivity index (χ4v) is 1.85. The summed E-state index contributed by atoms with van der Waals surface area (Å²) in [7, 11) is 0. The summed E-state index contributed by atoms with van der Waals surface area (Å²) in [6, 6.07) is 3.49. The second-order valence-electron chi connectivity index (χ2n) is 3.80. The molecule has 2 rings (SSSR count). The number of halogens is 4. The van der Waals surface area contributed by atoms with Crippen LogP contribution in [0.2, 0.25) is 0 Å². The highest BCUT2D eigenvalue weighted by atomic mass is 79.9. The van der Waals surface area contributed by atoms with Crippen molar-refractivity contribution in [3.63, 3.8) is 0 Å². The second-order valence-corrected chi connectivity index (χ2v) is 4.72. The highest BCUT2D eigenvalue weighted by Crippen LogP contribution is 2.38. The number of benzene rings is 1. The molecule has 0 atom stereocenters. The van der Waals surface area contributed by atoms with Crippen molar-refractivity contribution in [3.8, 4) is 11.5 Å². The van der Waals surface area contributed by atoms with E-state index in [2.05, 4.69) is 26.1 Å². The number of carbonyl (C=O) groups is 1. The first-order valence-corrected chi connectivity index (χ1v) is 6.18. The van der Waals surface area contributed by atoms with Crippen LogP contribution in [0.3, 0.4) is 0 Å². The van der Waals surface area contributed by atoms with Crippen LogP contribution in [0.15, 0.2) is 33.2 Å². The molecule has 110 valence electrons. The standard InChI is InChI=1S/C12H6BrF3N2O3/c13-6-1-2-7(8(5-6)12(14,15)16)11-18-17-9(21-11)3-4-10(19)20/h1-5H,(H,19,20)/b4-3+. The molecule has 1 heterocycles. The topological polar surface area (TPSA) is 76.2 Å². The van der Waals surface area contributed by atoms with Gasteiger partial charge in [0.1, 0.15) is 0 Å². The first kappa shape index (κ1) is 15.2. The predicted octanol–water partition coefficient (Wildman–Crippen LogP) is 3.62. The number of hydrogen-bond acceptors (Lipinski definition) is 4. The highest BCUT2D eigenvalue weighted by Gasteiger charge is 2.35. The number of rotatable bonds is 3. The van der Waals surface area contributed by atoms with E-state index >= 15 is 0 Å². The van der Waals surface area contributed by atoms with Gasteiger partial charge in [-0.05, 0) is 18.2 Å². The van der Waals surface area contributed by atoms with E-state index in [1.165, 1.54) is 12.1 Å². The van der Waals surface area contributed by atoms with Crippen LogP contribution in [0, 0.1) is 0 Å². The van der Waals surface area contributed by atoms with Gasteiger partial charge in [0.25, 0.3) is 0 Å². The van der Waals surface area contributed by atoms with Crippen LogP contribution in [0.25, 0.3) is 17.5 Å². The molecule has 0 fully saturated rings. The number of carboxylic acid groups (broad SMARTS) is 1. The first-order chi connectivity index (χ1) is 9.77. The van der Waals surface area contributed by atoms with Crippen LogP contribution in [0.1, 0.15) is 11.5 Å². The maximum atomic E-state index is 13.0. The van der Waals surface area contributed by atoms with Crippen molar-refractivity contribution < 1.29 is 27.5 Å². The molecule has 1 N–H and O–H groups in total. The minimum Gasteiger partial charge on any atom is -0.478 e. The summed E-state index contributed by atoms with van der Waals surface area (Å²) in [5, 5.41) is 15.4. The van der Waals surface area contributed by atoms with E-state index < -0.39 is 17.7 Å². The minimum atomic E-state index is -4.59. The quantitative estimate of drug-likeness (QED) is 0.844. The van der Waals surface area contributed by atoms with E-state index in [4.69, 9.17) is 9.52 Å². The van der Waals surface area contributed by atoms with Crippen molar-refractivity contribution in [1.29, 1.82) is 0 Å². The summed E-state index contributed by atoms with van der Waals surface area (Å²) < 4.78 is 44.2. The van der Waals surface area contributed by atoms with E-state index in [0.717, 1.165) is 18.2 Å². The van der Waals surface area contributed by atoms with E-state index in [9.17, 15) is 18.0 Å². The van der Waals surface area contributed by atoms with Crippen molar-refractivity contribution in [3.05, 3.63) is 40.2 Å². The van der Waals surface area contributed by atoms with Gasteiger partial charge in [-0.25, -0.2) is 4.79 Å². The minimum absolute atomic E-state index is 0.205. The van der Waals surface area contributed by atoms with Gasteiger partial charge in [0, 0.05) is 16.6 Å². The average Bonchev–Trinajstić information content (AvgIpc) is 2.84. The Morgan fingerprint density at radius 1 is 1.33 bits per heavy atom. The van der Waals surface area contributed by atoms with Crippen molar-refractivity contribution in [2.24, 2.45) is 0 Å². The zero-order valence-corrected chi connectivity index (χ0v) is 11.6. The molecule has 0 aliphatic heterocycles. The highest BCUT2D eigenvalue weighted by molar-refractivity contribution is 9.10. The maximum absolute atomic E-state index is 13.0. The molecular formula is C12H6BrF3N2O3. The average molecular weight is 363 g/mol. The van der Waals surface area contributed by atoms with Crippen molar-refractivity contribution in [2.75, 3.05) is 0 Å². The van der Waals surface area contributed by atoms with E-state index in [0.29, 0.717) is 0 Å². The Morgan fingerprint density at radius 2 is 2.05 bits per heavy atom. The molecule has 0 bridgehead atoms. The maximum Gasteiger partial charge on any atom is 0.417 e. The second kappa shape index (κ2) is 5.68. The molecule has 0 aliphatic carbocycles. The Hall–Kier alpha value is -2.16. The molecule has 21 heavy (non-hydrogen) atoms. The Balaban J connectivity index is 2.45. The molecular weight excluding hydrogens is 357 g/mol. The number of carboxylic acids is 1. The fourth-order valence-electron chi connectivity index (χ4n) is 1.49. The molecule has 0 spiro atoms. The van der Waals surface area contributed by atoms with Gasteiger partial charge in [-0.1, -0.05) is 15.9 Å².